The van der Waals surface area contributed by atoms with E-state index in [0.717, 1.165) is 16.8 Å². The molecule has 0 aliphatic heterocycles. The van der Waals surface area contributed by atoms with Gasteiger partial charge in [0.2, 0.25) is 5.88 Å². The molecule has 0 bridgehead atoms. The summed E-state index contributed by atoms with van der Waals surface area (Å²) in [6.07, 6.45) is 0. The average molecular weight is 264 g/mol. The Bertz CT molecular complexity index is 570. The summed E-state index contributed by atoms with van der Waals surface area (Å²) in [5.41, 5.74) is 2.52. The summed E-state index contributed by atoms with van der Waals surface area (Å²) in [5, 5.41) is 9.78. The molecule has 18 heavy (non-hydrogen) atoms. The first-order valence-corrected chi connectivity index (χ1v) is 5.99. The normalized spacial score (nSPS) is 10.4. The molecule has 0 saturated carbocycles. The number of aryl methyl sites for hydroxylation is 2. The van der Waals surface area contributed by atoms with E-state index in [2.05, 4.69) is 4.98 Å². The molecule has 1 N–H and O–H groups in total. The van der Waals surface area contributed by atoms with E-state index in [-0.39, 0.29) is 6.61 Å². The number of aromatic nitrogens is 1. The zero-order chi connectivity index (χ0) is 13.1. The van der Waals surface area contributed by atoms with E-state index >= 15 is 0 Å². The van der Waals surface area contributed by atoms with Crippen LogP contribution in [0.3, 0.4) is 0 Å². The third kappa shape index (κ3) is 2.81. The summed E-state index contributed by atoms with van der Waals surface area (Å²) < 4.78 is 5.64. The number of halogens is 1. The lowest BCUT2D eigenvalue weighted by Crippen LogP contribution is -1.95. The van der Waals surface area contributed by atoms with Gasteiger partial charge < -0.3 is 9.84 Å². The number of hydrogen-bond acceptors (Lipinski definition) is 3. The third-order valence-electron chi connectivity index (χ3n) is 2.69. The van der Waals surface area contributed by atoms with Crippen molar-refractivity contribution in [3.63, 3.8) is 0 Å². The van der Waals surface area contributed by atoms with Gasteiger partial charge in [-0.05, 0) is 49.2 Å². The average Bonchev–Trinajstić information content (AvgIpc) is 2.34. The van der Waals surface area contributed by atoms with Crippen LogP contribution in [0.5, 0.6) is 11.6 Å². The lowest BCUT2D eigenvalue weighted by molar-refractivity contribution is 0.280. The molecular formula is C14H14ClNO2. The lowest BCUT2D eigenvalue weighted by atomic mass is 10.2. The first-order valence-electron chi connectivity index (χ1n) is 5.61. The number of aliphatic hydroxyl groups is 1. The smallest absolute Gasteiger partial charge is 0.219 e. The molecule has 2 aromatic rings. The van der Waals surface area contributed by atoms with Crippen molar-refractivity contribution < 1.29 is 9.84 Å². The molecule has 1 heterocycles. The number of aliphatic hydroxyl groups excluding tert-OH is 1. The van der Waals surface area contributed by atoms with Gasteiger partial charge in [-0.2, -0.15) is 0 Å². The summed E-state index contributed by atoms with van der Waals surface area (Å²) in [6.45, 7) is 3.74. The van der Waals surface area contributed by atoms with Gasteiger partial charge in [-0.1, -0.05) is 11.6 Å². The predicted molar refractivity (Wildman–Crippen MR) is 71.2 cm³/mol. The van der Waals surface area contributed by atoms with Gasteiger partial charge in [-0.15, -0.1) is 0 Å². The van der Waals surface area contributed by atoms with Gasteiger partial charge in [-0.3, -0.25) is 0 Å². The van der Waals surface area contributed by atoms with Crippen molar-refractivity contribution in [3.05, 3.63) is 52.2 Å². The Kier molecular flexibility index (Phi) is 3.84. The Morgan fingerprint density at radius 2 is 2.00 bits per heavy atom. The Morgan fingerprint density at radius 1 is 1.22 bits per heavy atom. The predicted octanol–water partition coefficient (Wildman–Crippen LogP) is 3.64. The van der Waals surface area contributed by atoms with E-state index in [9.17, 15) is 0 Å². The lowest BCUT2D eigenvalue weighted by Gasteiger charge is -2.08. The van der Waals surface area contributed by atoms with Crippen molar-refractivity contribution in [1.82, 2.24) is 4.98 Å². The van der Waals surface area contributed by atoms with E-state index in [0.29, 0.717) is 16.7 Å². The number of ether oxygens (including phenoxy) is 1. The topological polar surface area (TPSA) is 42.4 Å². The molecule has 94 valence electrons. The first kappa shape index (κ1) is 12.9. The van der Waals surface area contributed by atoms with E-state index in [1.165, 1.54) is 0 Å². The molecule has 0 fully saturated rings. The standard InChI is InChI=1S/C14H14ClNO2/c1-9-7-12(4-5-13(9)15)18-14-6-3-11(8-17)10(2)16-14/h3-7,17H,8H2,1-2H3. The maximum Gasteiger partial charge on any atom is 0.219 e. The van der Waals surface area contributed by atoms with Crippen LogP contribution in [0.1, 0.15) is 16.8 Å². The molecule has 0 spiro atoms. The quantitative estimate of drug-likeness (QED) is 0.919. The molecule has 3 nitrogen and oxygen atoms in total. The number of rotatable bonds is 3. The van der Waals surface area contributed by atoms with Gasteiger partial charge in [-0.25, -0.2) is 4.98 Å². The zero-order valence-corrected chi connectivity index (χ0v) is 11.0. The Labute approximate surface area is 111 Å². The third-order valence-corrected chi connectivity index (χ3v) is 3.12. The van der Waals surface area contributed by atoms with Crippen molar-refractivity contribution in [2.45, 2.75) is 20.5 Å². The highest BCUT2D eigenvalue weighted by atomic mass is 35.5. The van der Waals surface area contributed by atoms with Gasteiger partial charge in [0.15, 0.2) is 0 Å². The molecule has 0 unspecified atom stereocenters. The molecule has 0 saturated heterocycles. The molecule has 2 rings (SSSR count). The number of nitrogens with zero attached hydrogens (tertiary/aromatic N) is 1. The molecule has 1 aromatic heterocycles. The van der Waals surface area contributed by atoms with Gasteiger partial charge in [0.05, 0.1) is 6.61 Å². The van der Waals surface area contributed by atoms with Gasteiger partial charge in [0.1, 0.15) is 5.75 Å². The summed E-state index contributed by atoms with van der Waals surface area (Å²) in [5.74, 6) is 1.20. The Balaban J connectivity index is 2.23. The van der Waals surface area contributed by atoms with E-state index < -0.39 is 0 Å². The fourth-order valence-electron chi connectivity index (χ4n) is 1.59. The molecule has 0 amide bonds. The van der Waals surface area contributed by atoms with Crippen LogP contribution in [-0.4, -0.2) is 10.1 Å². The van der Waals surface area contributed by atoms with E-state index in [4.69, 9.17) is 21.4 Å². The minimum Gasteiger partial charge on any atom is -0.439 e. The van der Waals surface area contributed by atoms with Crippen LogP contribution in [-0.2, 0) is 6.61 Å². The van der Waals surface area contributed by atoms with Crippen LogP contribution in [0, 0.1) is 13.8 Å². The van der Waals surface area contributed by atoms with Crippen LogP contribution in [0.25, 0.3) is 0 Å². The second-order valence-electron chi connectivity index (χ2n) is 4.07. The summed E-state index contributed by atoms with van der Waals surface area (Å²) in [7, 11) is 0. The highest BCUT2D eigenvalue weighted by Crippen LogP contribution is 2.25. The van der Waals surface area contributed by atoms with Crippen LogP contribution in [0.4, 0.5) is 0 Å². The molecule has 1 aromatic carbocycles. The van der Waals surface area contributed by atoms with Crippen molar-refractivity contribution in [2.24, 2.45) is 0 Å². The largest absolute Gasteiger partial charge is 0.439 e. The Hall–Kier alpha value is -1.58. The maximum absolute atomic E-state index is 9.07. The maximum atomic E-state index is 9.07. The second-order valence-corrected chi connectivity index (χ2v) is 4.47. The zero-order valence-electron chi connectivity index (χ0n) is 10.3. The summed E-state index contributed by atoms with van der Waals surface area (Å²) in [6, 6.07) is 9.00. The Morgan fingerprint density at radius 3 is 2.61 bits per heavy atom. The van der Waals surface area contributed by atoms with E-state index in [1.807, 2.05) is 19.9 Å². The fraction of sp³-hybridized carbons (Fsp3) is 0.214. The summed E-state index contributed by atoms with van der Waals surface area (Å²) in [4.78, 5) is 4.28. The van der Waals surface area contributed by atoms with Gasteiger partial charge in [0.25, 0.3) is 0 Å². The van der Waals surface area contributed by atoms with Gasteiger partial charge in [0, 0.05) is 16.8 Å². The number of hydrogen-bond donors (Lipinski definition) is 1. The number of pyridine rings is 1. The molecular weight excluding hydrogens is 250 g/mol. The fourth-order valence-corrected chi connectivity index (χ4v) is 1.71. The molecule has 0 radical (unpaired) electrons. The minimum absolute atomic E-state index is 0.0147. The van der Waals surface area contributed by atoms with Crippen molar-refractivity contribution >= 4 is 11.6 Å². The van der Waals surface area contributed by atoms with Crippen molar-refractivity contribution in [3.8, 4) is 11.6 Å². The first-order chi connectivity index (χ1) is 8.60. The van der Waals surface area contributed by atoms with Crippen LogP contribution in [0.2, 0.25) is 5.02 Å². The van der Waals surface area contributed by atoms with Gasteiger partial charge >= 0.3 is 0 Å². The monoisotopic (exact) mass is 263 g/mol. The second kappa shape index (κ2) is 5.38. The molecule has 0 aliphatic rings. The SMILES string of the molecule is Cc1cc(Oc2ccc(CO)c(C)n2)ccc1Cl. The highest BCUT2D eigenvalue weighted by Gasteiger charge is 2.04. The summed E-state index contributed by atoms with van der Waals surface area (Å²) >= 11 is 5.95. The molecule has 0 aliphatic carbocycles. The highest BCUT2D eigenvalue weighted by molar-refractivity contribution is 6.31. The van der Waals surface area contributed by atoms with E-state index in [1.54, 1.807) is 24.3 Å². The minimum atomic E-state index is -0.0147. The van der Waals surface area contributed by atoms with Crippen LogP contribution < -0.4 is 4.74 Å². The van der Waals surface area contributed by atoms with Crippen molar-refractivity contribution in [1.29, 1.82) is 0 Å². The van der Waals surface area contributed by atoms with Crippen LogP contribution >= 0.6 is 11.6 Å². The van der Waals surface area contributed by atoms with Crippen molar-refractivity contribution in [2.75, 3.05) is 0 Å². The van der Waals surface area contributed by atoms with Crippen LogP contribution in [0.15, 0.2) is 30.3 Å². The molecule has 4 heteroatoms. The number of benzene rings is 1. The molecule has 0 atom stereocenters.